The number of ether oxygens (including phenoxy) is 5. The lowest BCUT2D eigenvalue weighted by atomic mass is 9.88. The van der Waals surface area contributed by atoms with Crippen LogP contribution < -0.4 is 20.5 Å². The fourth-order valence-electron chi connectivity index (χ4n) is 4.83. The standard InChI is InChI=1S/C35H43N3O10/c1-33(2,3)46-25(39)17-23(31(42)47-34(4,5)6)26-20(18-36)16-24(29(37)40)27-28(26)45-30(41)22-13-12-21(15-19(22)11-10-14-44-27)38-32(43)48-35(7,8)9/h12-13,15-16,23H,10-11,14,17H2,1-9H3,(H2,37,40)(H,38,43)/t23-/m0/s1. The minimum atomic E-state index is -1.52. The van der Waals surface area contributed by atoms with Crippen molar-refractivity contribution in [3.63, 3.8) is 0 Å². The third-order valence-corrected chi connectivity index (χ3v) is 6.49. The molecule has 0 fully saturated rings. The molecule has 0 spiro atoms. The Labute approximate surface area is 280 Å². The summed E-state index contributed by atoms with van der Waals surface area (Å²) < 4.78 is 28.3. The van der Waals surface area contributed by atoms with Gasteiger partial charge in [0.25, 0.3) is 5.91 Å². The Kier molecular flexibility index (Phi) is 11.1. The van der Waals surface area contributed by atoms with E-state index in [0.29, 0.717) is 24.1 Å². The molecule has 48 heavy (non-hydrogen) atoms. The van der Waals surface area contributed by atoms with Crippen molar-refractivity contribution in [2.45, 2.75) is 104 Å². The monoisotopic (exact) mass is 665 g/mol. The zero-order valence-corrected chi connectivity index (χ0v) is 28.8. The predicted octanol–water partition coefficient (Wildman–Crippen LogP) is 5.71. The average molecular weight is 666 g/mol. The van der Waals surface area contributed by atoms with Crippen molar-refractivity contribution in [1.29, 1.82) is 5.26 Å². The van der Waals surface area contributed by atoms with Crippen molar-refractivity contribution in [2.24, 2.45) is 5.73 Å². The Morgan fingerprint density at radius 3 is 2.12 bits per heavy atom. The summed E-state index contributed by atoms with van der Waals surface area (Å²) in [6.45, 7) is 15.0. The quantitative estimate of drug-likeness (QED) is 0.218. The number of hydrogen-bond acceptors (Lipinski definition) is 11. The Hall–Kier alpha value is -5.12. The van der Waals surface area contributed by atoms with Crippen molar-refractivity contribution in [1.82, 2.24) is 0 Å². The second kappa shape index (κ2) is 14.3. The molecule has 1 aliphatic heterocycles. The molecule has 1 atom stereocenters. The molecule has 0 saturated heterocycles. The van der Waals surface area contributed by atoms with Crippen molar-refractivity contribution >= 4 is 35.6 Å². The lowest BCUT2D eigenvalue weighted by Gasteiger charge is -2.28. The van der Waals surface area contributed by atoms with Crippen LogP contribution >= 0.6 is 0 Å². The SMILES string of the molecule is CC(C)(C)OC(=O)C[C@H](C(=O)OC(C)(C)C)c1c(C#N)cc(C(N)=O)c2c1OC(=O)c1ccc(NC(=O)OC(C)(C)C)cc1CCCO2. The van der Waals surface area contributed by atoms with Crippen molar-refractivity contribution < 1.29 is 47.7 Å². The number of amides is 2. The molecule has 2 amide bonds. The van der Waals surface area contributed by atoms with E-state index in [1.165, 1.54) is 12.1 Å². The van der Waals surface area contributed by atoms with Gasteiger partial charge in [-0.3, -0.25) is 19.7 Å². The Bertz CT molecular complexity index is 1650. The van der Waals surface area contributed by atoms with E-state index >= 15 is 0 Å². The van der Waals surface area contributed by atoms with Gasteiger partial charge in [-0.2, -0.15) is 5.26 Å². The molecule has 0 aromatic heterocycles. The molecular weight excluding hydrogens is 622 g/mol. The highest BCUT2D eigenvalue weighted by atomic mass is 16.6. The van der Waals surface area contributed by atoms with E-state index in [0.717, 1.165) is 6.07 Å². The summed E-state index contributed by atoms with van der Waals surface area (Å²) in [5.41, 5.74) is 3.22. The molecule has 0 bridgehead atoms. The Balaban J connectivity index is 2.23. The number of nitrogens with two attached hydrogens (primary N) is 1. The highest BCUT2D eigenvalue weighted by Gasteiger charge is 2.38. The van der Waals surface area contributed by atoms with Crippen molar-refractivity contribution in [3.8, 4) is 17.6 Å². The first-order valence-electron chi connectivity index (χ1n) is 15.4. The van der Waals surface area contributed by atoms with Gasteiger partial charge in [0.05, 0.1) is 41.7 Å². The van der Waals surface area contributed by atoms with Gasteiger partial charge in [0.15, 0.2) is 11.5 Å². The summed E-state index contributed by atoms with van der Waals surface area (Å²) in [5, 5.41) is 12.9. The van der Waals surface area contributed by atoms with Crippen LogP contribution in [0.4, 0.5) is 10.5 Å². The number of anilines is 1. The van der Waals surface area contributed by atoms with Gasteiger partial charge in [-0.25, -0.2) is 9.59 Å². The number of nitrogens with one attached hydrogen (secondary N) is 1. The van der Waals surface area contributed by atoms with Crippen LogP contribution in [0.3, 0.4) is 0 Å². The number of carbonyl (C=O) groups is 5. The van der Waals surface area contributed by atoms with Gasteiger partial charge < -0.3 is 29.4 Å². The summed E-state index contributed by atoms with van der Waals surface area (Å²) in [6, 6.07) is 7.59. The Morgan fingerprint density at radius 1 is 0.938 bits per heavy atom. The zero-order chi connectivity index (χ0) is 36.2. The van der Waals surface area contributed by atoms with Crippen LogP contribution in [0.5, 0.6) is 11.5 Å². The van der Waals surface area contributed by atoms with Crippen LogP contribution in [0, 0.1) is 11.3 Å². The van der Waals surface area contributed by atoms with Crippen LogP contribution in [0.2, 0.25) is 0 Å². The smallest absolute Gasteiger partial charge is 0.412 e. The maximum absolute atomic E-state index is 13.9. The van der Waals surface area contributed by atoms with Crippen molar-refractivity contribution in [2.75, 3.05) is 11.9 Å². The van der Waals surface area contributed by atoms with Gasteiger partial charge in [0, 0.05) is 11.3 Å². The molecule has 0 aliphatic carbocycles. The van der Waals surface area contributed by atoms with Crippen LogP contribution in [0.1, 0.15) is 118 Å². The highest BCUT2D eigenvalue weighted by molar-refractivity contribution is 6.00. The Morgan fingerprint density at radius 2 is 1.56 bits per heavy atom. The molecule has 1 heterocycles. The zero-order valence-electron chi connectivity index (χ0n) is 28.8. The largest absolute Gasteiger partial charge is 0.489 e. The van der Waals surface area contributed by atoms with Gasteiger partial charge in [-0.15, -0.1) is 0 Å². The molecule has 3 N–H and O–H groups in total. The third-order valence-electron chi connectivity index (χ3n) is 6.49. The maximum Gasteiger partial charge on any atom is 0.412 e. The molecule has 0 radical (unpaired) electrons. The molecule has 0 unspecified atom stereocenters. The van der Waals surface area contributed by atoms with Crippen molar-refractivity contribution in [3.05, 3.63) is 52.1 Å². The lowest BCUT2D eigenvalue weighted by Crippen LogP contribution is -2.32. The number of aryl methyl sites for hydroxylation is 1. The fraction of sp³-hybridized carbons (Fsp3) is 0.486. The van der Waals surface area contributed by atoms with Crippen LogP contribution in [-0.4, -0.2) is 53.3 Å². The predicted molar refractivity (Wildman–Crippen MR) is 174 cm³/mol. The van der Waals surface area contributed by atoms with E-state index in [1.54, 1.807) is 68.4 Å². The number of nitriles is 1. The van der Waals surface area contributed by atoms with E-state index in [-0.39, 0.29) is 34.6 Å². The van der Waals surface area contributed by atoms with E-state index in [9.17, 15) is 29.2 Å². The topological polar surface area (TPSA) is 193 Å². The number of benzene rings is 2. The van der Waals surface area contributed by atoms with Gasteiger partial charge in [-0.1, -0.05) is 0 Å². The number of hydrogen-bond donors (Lipinski definition) is 2. The summed E-state index contributed by atoms with van der Waals surface area (Å²) in [7, 11) is 0. The molecule has 2 aromatic carbocycles. The first-order valence-corrected chi connectivity index (χ1v) is 15.4. The lowest BCUT2D eigenvalue weighted by molar-refractivity contribution is -0.164. The van der Waals surface area contributed by atoms with E-state index in [2.05, 4.69) is 5.32 Å². The number of primary amides is 1. The number of rotatable bonds is 6. The fourth-order valence-corrected chi connectivity index (χ4v) is 4.83. The van der Waals surface area contributed by atoms with E-state index < -0.39 is 64.8 Å². The molecule has 13 heteroatoms. The molecule has 258 valence electrons. The second-order valence-electron chi connectivity index (χ2n) is 14.2. The molecular formula is C35H43N3O10. The van der Waals surface area contributed by atoms with Crippen LogP contribution in [0.25, 0.3) is 0 Å². The van der Waals surface area contributed by atoms with Crippen LogP contribution in [-0.2, 0) is 30.2 Å². The second-order valence-corrected chi connectivity index (χ2v) is 14.2. The molecule has 1 aliphatic rings. The first-order chi connectivity index (χ1) is 22.1. The highest BCUT2D eigenvalue weighted by Crippen LogP contribution is 2.44. The third kappa shape index (κ3) is 10.2. The van der Waals surface area contributed by atoms with E-state index in [1.807, 2.05) is 6.07 Å². The number of fused-ring (bicyclic) bond motifs is 2. The normalized spacial score (nSPS) is 14.0. The number of nitrogens with zero attached hydrogens (tertiary/aromatic N) is 1. The summed E-state index contributed by atoms with van der Waals surface area (Å²) in [6.07, 6.45) is -0.654. The maximum atomic E-state index is 13.9. The van der Waals surface area contributed by atoms with Gasteiger partial charge in [0.1, 0.15) is 16.8 Å². The molecule has 3 rings (SSSR count). The average Bonchev–Trinajstić information content (AvgIpc) is 2.91. The summed E-state index contributed by atoms with van der Waals surface area (Å²) >= 11 is 0. The molecule has 2 aromatic rings. The molecule has 13 nitrogen and oxygen atoms in total. The van der Waals surface area contributed by atoms with Gasteiger partial charge in [0.2, 0.25) is 0 Å². The minimum Gasteiger partial charge on any atom is -0.489 e. The van der Waals surface area contributed by atoms with Gasteiger partial charge >= 0.3 is 24.0 Å². The molecule has 0 saturated carbocycles. The number of carbonyl (C=O) groups excluding carboxylic acids is 5. The van der Waals surface area contributed by atoms with Crippen LogP contribution in [0.15, 0.2) is 24.3 Å². The summed E-state index contributed by atoms with van der Waals surface area (Å²) in [4.78, 5) is 65.7. The summed E-state index contributed by atoms with van der Waals surface area (Å²) in [5.74, 6) is -5.84. The van der Waals surface area contributed by atoms with Gasteiger partial charge in [-0.05, 0) is 105 Å². The number of esters is 3. The minimum absolute atomic E-state index is 0.0114. The first kappa shape index (κ1) is 37.3. The van der Waals surface area contributed by atoms with E-state index in [4.69, 9.17) is 29.4 Å².